The largest absolute Gasteiger partial charge is 0.366 e. The first-order valence-electron chi connectivity index (χ1n) is 9.65. The number of aromatic nitrogens is 2. The summed E-state index contributed by atoms with van der Waals surface area (Å²) in [5, 5.41) is 21.3. The van der Waals surface area contributed by atoms with E-state index >= 15 is 0 Å². The van der Waals surface area contributed by atoms with Gasteiger partial charge in [0.15, 0.2) is 0 Å². The number of anilines is 1. The molecule has 0 unspecified atom stereocenters. The van der Waals surface area contributed by atoms with E-state index in [0.29, 0.717) is 28.6 Å². The summed E-state index contributed by atoms with van der Waals surface area (Å²) in [5.74, 6) is 1.10. The van der Waals surface area contributed by atoms with Gasteiger partial charge in [-0.05, 0) is 48.6 Å². The van der Waals surface area contributed by atoms with Crippen LogP contribution < -0.4 is 4.90 Å². The highest BCUT2D eigenvalue weighted by molar-refractivity contribution is 5.90. The van der Waals surface area contributed by atoms with Crippen LogP contribution in [0.4, 0.5) is 11.4 Å². The molecule has 1 N–H and O–H groups in total. The van der Waals surface area contributed by atoms with Gasteiger partial charge in [-0.15, -0.1) is 0 Å². The van der Waals surface area contributed by atoms with Crippen molar-refractivity contribution in [3.05, 3.63) is 64.0 Å². The molecule has 1 saturated heterocycles. The third kappa shape index (κ3) is 3.83. The van der Waals surface area contributed by atoms with E-state index < -0.39 is 0 Å². The number of para-hydroxylation sites is 2. The minimum atomic E-state index is -0.349. The molecule has 0 radical (unpaired) electrons. The van der Waals surface area contributed by atoms with Gasteiger partial charge in [0.25, 0.3) is 5.69 Å². The summed E-state index contributed by atoms with van der Waals surface area (Å²) in [7, 11) is 0. The Hall–Kier alpha value is -3.66. The number of piperidine rings is 1. The van der Waals surface area contributed by atoms with E-state index in [1.54, 1.807) is 12.1 Å². The second kappa shape index (κ2) is 7.76. The highest BCUT2D eigenvalue weighted by atomic mass is 16.6. The molecule has 7 heteroatoms. The zero-order chi connectivity index (χ0) is 20.4. The molecule has 2 heterocycles. The van der Waals surface area contributed by atoms with Crippen LogP contribution in [0.3, 0.4) is 0 Å². The Morgan fingerprint density at radius 2 is 2.07 bits per heavy atom. The number of imidazole rings is 1. The van der Waals surface area contributed by atoms with Crippen LogP contribution in [0.15, 0.2) is 42.5 Å². The number of nitrogens with one attached hydrogen (secondary N) is 1. The number of nitrogens with zero attached hydrogens (tertiary/aromatic N) is 4. The number of benzene rings is 2. The van der Waals surface area contributed by atoms with Crippen LogP contribution in [0, 0.1) is 27.4 Å². The molecule has 0 amide bonds. The van der Waals surface area contributed by atoms with E-state index in [4.69, 9.17) is 0 Å². The zero-order valence-corrected chi connectivity index (χ0v) is 16.1. The molecule has 146 valence electrons. The molecule has 4 rings (SSSR count). The smallest absolute Gasteiger partial charge is 0.293 e. The first kappa shape index (κ1) is 18.7. The Balaban J connectivity index is 1.69. The molecular weight excluding hydrogens is 366 g/mol. The van der Waals surface area contributed by atoms with Crippen LogP contribution in [0.2, 0.25) is 0 Å². The molecule has 3 aromatic rings. The first-order valence-corrected chi connectivity index (χ1v) is 9.65. The van der Waals surface area contributed by atoms with Crippen molar-refractivity contribution in [3.63, 3.8) is 0 Å². The minimum Gasteiger partial charge on any atom is -0.366 e. The Morgan fingerprint density at radius 3 is 2.76 bits per heavy atom. The van der Waals surface area contributed by atoms with Gasteiger partial charge in [0.05, 0.1) is 21.5 Å². The summed E-state index contributed by atoms with van der Waals surface area (Å²) in [5.41, 5.74) is 3.24. The van der Waals surface area contributed by atoms with Crippen LogP contribution >= 0.6 is 0 Å². The Morgan fingerprint density at radius 1 is 1.31 bits per heavy atom. The molecule has 0 atom stereocenters. The van der Waals surface area contributed by atoms with Gasteiger partial charge >= 0.3 is 0 Å². The van der Waals surface area contributed by atoms with Crippen molar-refractivity contribution in [3.8, 4) is 6.07 Å². The molecule has 29 heavy (non-hydrogen) atoms. The SMILES string of the molecule is CC1CCN(c2ccc(/C=C(/C#N)c3nc4ccccc4[nH]3)cc2[N+](=O)[O-])CC1. The van der Waals surface area contributed by atoms with Gasteiger partial charge in [0, 0.05) is 19.2 Å². The normalized spacial score (nSPS) is 15.4. The average Bonchev–Trinajstić information content (AvgIpc) is 3.16. The number of nitro groups is 1. The van der Waals surface area contributed by atoms with E-state index in [1.165, 1.54) is 6.07 Å². The van der Waals surface area contributed by atoms with Crippen LogP contribution in [0.25, 0.3) is 22.7 Å². The van der Waals surface area contributed by atoms with Gasteiger partial charge in [0.2, 0.25) is 0 Å². The molecule has 1 aliphatic rings. The number of allylic oxidation sites excluding steroid dienone is 1. The van der Waals surface area contributed by atoms with Gasteiger partial charge in [-0.1, -0.05) is 25.1 Å². The third-order valence-electron chi connectivity index (χ3n) is 5.40. The molecule has 7 nitrogen and oxygen atoms in total. The summed E-state index contributed by atoms with van der Waals surface area (Å²) in [4.78, 5) is 21.0. The minimum absolute atomic E-state index is 0.0650. The van der Waals surface area contributed by atoms with Crippen LogP contribution in [0.5, 0.6) is 0 Å². The molecular formula is C22H21N5O2. The van der Waals surface area contributed by atoms with E-state index in [0.717, 1.165) is 37.0 Å². The van der Waals surface area contributed by atoms with Crippen molar-refractivity contribution in [2.75, 3.05) is 18.0 Å². The van der Waals surface area contributed by atoms with E-state index in [9.17, 15) is 15.4 Å². The predicted octanol–water partition coefficient (Wildman–Crippen LogP) is 4.77. The molecule has 0 aliphatic carbocycles. The molecule has 1 fully saturated rings. The lowest BCUT2D eigenvalue weighted by Gasteiger charge is -2.31. The van der Waals surface area contributed by atoms with Gasteiger partial charge < -0.3 is 9.88 Å². The molecule has 2 aromatic carbocycles. The van der Waals surface area contributed by atoms with Crippen molar-refractivity contribution in [1.82, 2.24) is 9.97 Å². The van der Waals surface area contributed by atoms with Crippen molar-refractivity contribution in [2.45, 2.75) is 19.8 Å². The third-order valence-corrected chi connectivity index (χ3v) is 5.40. The van der Waals surface area contributed by atoms with Crippen LogP contribution in [0.1, 0.15) is 31.2 Å². The van der Waals surface area contributed by atoms with Crippen molar-refractivity contribution in [1.29, 1.82) is 5.26 Å². The summed E-state index contributed by atoms with van der Waals surface area (Å²) >= 11 is 0. The maximum atomic E-state index is 11.7. The maximum absolute atomic E-state index is 11.7. The van der Waals surface area contributed by atoms with Gasteiger partial charge in [0.1, 0.15) is 17.6 Å². The number of H-pyrrole nitrogens is 1. The second-order valence-electron chi connectivity index (χ2n) is 7.45. The number of hydrogen-bond donors (Lipinski definition) is 1. The molecule has 0 bridgehead atoms. The quantitative estimate of drug-likeness (QED) is 0.395. The van der Waals surface area contributed by atoms with Crippen LogP contribution in [-0.2, 0) is 0 Å². The molecule has 0 spiro atoms. The van der Waals surface area contributed by atoms with Crippen molar-refractivity contribution < 1.29 is 4.92 Å². The fourth-order valence-corrected chi connectivity index (χ4v) is 3.69. The number of fused-ring (bicyclic) bond motifs is 1. The Bertz CT molecular complexity index is 1100. The number of aromatic amines is 1. The Kier molecular flexibility index (Phi) is 5.00. The number of rotatable bonds is 4. The Labute approximate surface area is 168 Å². The summed E-state index contributed by atoms with van der Waals surface area (Å²) in [6.45, 7) is 3.85. The van der Waals surface area contributed by atoms with Crippen molar-refractivity contribution >= 4 is 34.1 Å². The molecule has 0 saturated carbocycles. The zero-order valence-electron chi connectivity index (χ0n) is 16.1. The second-order valence-corrected chi connectivity index (χ2v) is 7.45. The number of nitriles is 1. The van der Waals surface area contributed by atoms with E-state index in [-0.39, 0.29) is 10.6 Å². The molecule has 1 aromatic heterocycles. The highest BCUT2D eigenvalue weighted by Crippen LogP contribution is 2.33. The standard InChI is InChI=1S/C22H21N5O2/c1-15-8-10-26(11-9-15)20-7-6-16(13-21(20)27(28)29)12-17(14-23)22-24-18-4-2-3-5-19(18)25-22/h2-7,12-13,15H,8-11H2,1H3,(H,24,25)/b17-12-. The summed E-state index contributed by atoms with van der Waals surface area (Å²) in [6.07, 6.45) is 3.69. The lowest BCUT2D eigenvalue weighted by molar-refractivity contribution is -0.384. The van der Waals surface area contributed by atoms with Gasteiger partial charge in [-0.3, -0.25) is 10.1 Å². The molecule has 1 aliphatic heterocycles. The maximum Gasteiger partial charge on any atom is 0.293 e. The first-order chi connectivity index (χ1) is 14.0. The number of nitro benzene ring substituents is 1. The average molecular weight is 387 g/mol. The topological polar surface area (TPSA) is 98.8 Å². The van der Waals surface area contributed by atoms with Gasteiger partial charge in [-0.2, -0.15) is 5.26 Å². The fraction of sp³-hybridized carbons (Fsp3) is 0.273. The monoisotopic (exact) mass is 387 g/mol. The van der Waals surface area contributed by atoms with E-state index in [2.05, 4.69) is 27.9 Å². The van der Waals surface area contributed by atoms with E-state index in [1.807, 2.05) is 30.3 Å². The fourth-order valence-electron chi connectivity index (χ4n) is 3.69. The van der Waals surface area contributed by atoms with Gasteiger partial charge in [-0.25, -0.2) is 4.98 Å². The lowest BCUT2D eigenvalue weighted by atomic mass is 9.98. The van der Waals surface area contributed by atoms with Crippen molar-refractivity contribution in [2.24, 2.45) is 5.92 Å². The predicted molar refractivity (Wildman–Crippen MR) is 113 cm³/mol. The highest BCUT2D eigenvalue weighted by Gasteiger charge is 2.23. The van der Waals surface area contributed by atoms with Crippen LogP contribution in [-0.4, -0.2) is 28.0 Å². The number of hydrogen-bond acceptors (Lipinski definition) is 5. The lowest BCUT2D eigenvalue weighted by Crippen LogP contribution is -2.33. The summed E-state index contributed by atoms with van der Waals surface area (Å²) < 4.78 is 0. The summed E-state index contributed by atoms with van der Waals surface area (Å²) in [6, 6.07) is 14.8.